The molecule has 1 atom stereocenters. The summed E-state index contributed by atoms with van der Waals surface area (Å²) in [5.74, 6) is -0.533. The summed E-state index contributed by atoms with van der Waals surface area (Å²) in [6, 6.07) is 9.15. The van der Waals surface area contributed by atoms with E-state index >= 15 is 0 Å². The maximum atomic E-state index is 12.6. The van der Waals surface area contributed by atoms with Gasteiger partial charge in [0, 0.05) is 16.8 Å². The lowest BCUT2D eigenvalue weighted by Crippen LogP contribution is -2.37. The lowest BCUT2D eigenvalue weighted by atomic mass is 9.99. The molecule has 2 aliphatic heterocycles. The number of aromatic nitrogens is 1. The highest BCUT2D eigenvalue weighted by Gasteiger charge is 2.41. The summed E-state index contributed by atoms with van der Waals surface area (Å²) in [7, 11) is 1.37. The minimum absolute atomic E-state index is 0.121. The van der Waals surface area contributed by atoms with Crippen LogP contribution in [-0.2, 0) is 20.9 Å². The number of aliphatic imine (C=N–C) groups is 1. The Hall–Kier alpha value is -2.91. The van der Waals surface area contributed by atoms with Gasteiger partial charge in [0.05, 0.1) is 37.0 Å². The third-order valence-electron chi connectivity index (χ3n) is 4.75. The molecule has 30 heavy (non-hydrogen) atoms. The monoisotopic (exact) mass is 440 g/mol. The smallest absolute Gasteiger partial charge is 0.338 e. The van der Waals surface area contributed by atoms with Crippen LogP contribution in [-0.4, -0.2) is 34.0 Å². The van der Waals surface area contributed by atoms with Crippen molar-refractivity contribution in [3.63, 3.8) is 0 Å². The first kappa shape index (κ1) is 20.4. The molecule has 1 amide bonds. The largest absolute Gasteiger partial charge is 0.466 e. The number of thiophene rings is 1. The Bertz CT molecular complexity index is 1050. The number of methoxy groups -OCH3 is 1. The first-order chi connectivity index (χ1) is 14.6. The minimum atomic E-state index is -0.412. The number of ether oxygens (including phenoxy) is 1. The second kappa shape index (κ2) is 8.85. The van der Waals surface area contributed by atoms with Gasteiger partial charge in [0.15, 0.2) is 5.17 Å². The third kappa shape index (κ3) is 4.03. The van der Waals surface area contributed by atoms with Crippen LogP contribution in [0.1, 0.15) is 30.0 Å². The summed E-state index contributed by atoms with van der Waals surface area (Å²) < 4.78 is 5.04. The van der Waals surface area contributed by atoms with Crippen LogP contribution in [0.3, 0.4) is 0 Å². The molecule has 4 heterocycles. The Kier molecular flexibility index (Phi) is 6.01. The van der Waals surface area contributed by atoms with Crippen molar-refractivity contribution in [2.75, 3.05) is 7.11 Å². The van der Waals surface area contributed by atoms with Crippen LogP contribution < -0.4 is 5.32 Å². The van der Waals surface area contributed by atoms with Gasteiger partial charge in [-0.1, -0.05) is 23.9 Å². The normalized spacial score (nSPS) is 17.9. The van der Waals surface area contributed by atoms with Crippen molar-refractivity contribution in [3.05, 3.63) is 74.9 Å². The number of thioether (sulfide) groups is 1. The van der Waals surface area contributed by atoms with Crippen LogP contribution in [0.5, 0.6) is 0 Å². The topological polar surface area (TPSA) is 83.9 Å². The fourth-order valence-electron chi connectivity index (χ4n) is 3.38. The van der Waals surface area contributed by atoms with E-state index < -0.39 is 5.97 Å². The lowest BCUT2D eigenvalue weighted by Gasteiger charge is -2.35. The van der Waals surface area contributed by atoms with Crippen molar-refractivity contribution in [1.82, 2.24) is 15.2 Å². The van der Waals surface area contributed by atoms with Gasteiger partial charge >= 0.3 is 5.97 Å². The van der Waals surface area contributed by atoms with E-state index in [4.69, 9.17) is 4.74 Å². The van der Waals surface area contributed by atoms with Gasteiger partial charge in [-0.25, -0.2) is 9.79 Å². The number of nitrogens with zero attached hydrogens (tertiary/aromatic N) is 3. The number of carbonyl (C=O) groups is 2. The van der Waals surface area contributed by atoms with Gasteiger partial charge in [-0.2, -0.15) is 0 Å². The summed E-state index contributed by atoms with van der Waals surface area (Å²) in [5, 5.41) is 7.55. The SMILES string of the molecule is COC(=O)C1=C(C)N=C2SC=C(CC(=O)NCc3ccccn3)N2[C@@H]1c1cccs1. The first-order valence-electron chi connectivity index (χ1n) is 9.31. The number of nitrogens with one attached hydrogen (secondary N) is 1. The molecule has 0 spiro atoms. The van der Waals surface area contributed by atoms with Gasteiger partial charge in [-0.05, 0) is 35.9 Å². The molecular formula is C21H20N4O3S2. The Morgan fingerprint density at radius 1 is 1.27 bits per heavy atom. The Morgan fingerprint density at radius 3 is 2.83 bits per heavy atom. The maximum Gasteiger partial charge on any atom is 0.338 e. The van der Waals surface area contributed by atoms with E-state index in [2.05, 4.69) is 15.3 Å². The molecule has 9 heteroatoms. The number of carbonyl (C=O) groups excluding carboxylic acids is 2. The van der Waals surface area contributed by atoms with Gasteiger partial charge in [0.25, 0.3) is 0 Å². The second-order valence-electron chi connectivity index (χ2n) is 6.67. The maximum absolute atomic E-state index is 12.6. The van der Waals surface area contributed by atoms with Crippen molar-refractivity contribution in [2.24, 2.45) is 4.99 Å². The van der Waals surface area contributed by atoms with Gasteiger partial charge in [-0.15, -0.1) is 11.3 Å². The number of hydrogen-bond donors (Lipinski definition) is 1. The Balaban J connectivity index is 1.56. The van der Waals surface area contributed by atoms with Gasteiger partial charge in [0.2, 0.25) is 5.91 Å². The average molecular weight is 441 g/mol. The van der Waals surface area contributed by atoms with Crippen molar-refractivity contribution in [3.8, 4) is 0 Å². The van der Waals surface area contributed by atoms with Crippen LogP contribution in [0, 0.1) is 0 Å². The van der Waals surface area contributed by atoms with Crippen LogP contribution in [0.4, 0.5) is 0 Å². The summed E-state index contributed by atoms with van der Waals surface area (Å²) in [6.07, 6.45) is 1.87. The molecule has 0 aliphatic carbocycles. The number of amidine groups is 1. The zero-order chi connectivity index (χ0) is 21.1. The minimum Gasteiger partial charge on any atom is -0.466 e. The number of fused-ring (bicyclic) bond motifs is 1. The van der Waals surface area contributed by atoms with E-state index in [0.717, 1.165) is 21.4 Å². The van der Waals surface area contributed by atoms with Crippen LogP contribution >= 0.6 is 23.1 Å². The molecule has 2 aliphatic rings. The molecule has 0 radical (unpaired) electrons. The van der Waals surface area contributed by atoms with E-state index in [-0.39, 0.29) is 18.4 Å². The first-order valence-corrected chi connectivity index (χ1v) is 11.1. The molecule has 7 nitrogen and oxygen atoms in total. The number of rotatable bonds is 6. The molecule has 0 aromatic carbocycles. The zero-order valence-electron chi connectivity index (χ0n) is 16.5. The predicted octanol–water partition coefficient (Wildman–Crippen LogP) is 3.60. The van der Waals surface area contributed by atoms with E-state index in [1.807, 2.05) is 52.9 Å². The molecule has 1 N–H and O–H groups in total. The van der Waals surface area contributed by atoms with Crippen LogP contribution in [0.25, 0.3) is 0 Å². The number of amides is 1. The van der Waals surface area contributed by atoms with Gasteiger partial charge in [0.1, 0.15) is 6.04 Å². The second-order valence-corrected chi connectivity index (χ2v) is 8.49. The number of hydrogen-bond acceptors (Lipinski definition) is 8. The van der Waals surface area contributed by atoms with E-state index in [9.17, 15) is 9.59 Å². The molecular weight excluding hydrogens is 420 g/mol. The highest BCUT2D eigenvalue weighted by atomic mass is 32.2. The summed E-state index contributed by atoms with van der Waals surface area (Å²) in [4.78, 5) is 37.0. The summed E-state index contributed by atoms with van der Waals surface area (Å²) in [5.41, 5.74) is 2.72. The highest BCUT2D eigenvalue weighted by Crippen LogP contribution is 2.45. The van der Waals surface area contributed by atoms with Crippen LogP contribution in [0.15, 0.2) is 69.3 Å². The van der Waals surface area contributed by atoms with E-state index in [0.29, 0.717) is 17.8 Å². The van der Waals surface area contributed by atoms with Crippen molar-refractivity contribution >= 4 is 40.1 Å². The fourth-order valence-corrected chi connectivity index (χ4v) is 5.16. The molecule has 0 unspecified atom stereocenters. The third-order valence-corrected chi connectivity index (χ3v) is 6.57. The van der Waals surface area contributed by atoms with Crippen LogP contribution in [0.2, 0.25) is 0 Å². The Labute approximate surface area is 182 Å². The number of esters is 1. The molecule has 4 rings (SSSR count). The molecule has 154 valence electrons. The van der Waals surface area contributed by atoms with Crippen molar-refractivity contribution in [1.29, 1.82) is 0 Å². The number of pyridine rings is 1. The van der Waals surface area contributed by atoms with Crippen molar-refractivity contribution < 1.29 is 14.3 Å². The highest BCUT2D eigenvalue weighted by molar-refractivity contribution is 8.16. The molecule has 0 fully saturated rings. The standard InChI is InChI=1S/C21H20N4O3S2/c1-13-18(20(27)28-2)19(16-7-5-9-29-16)25-15(12-30-21(25)24-13)10-17(26)23-11-14-6-3-4-8-22-14/h3-9,12,19H,10-11H2,1-2H3,(H,23,26)/t19-/m1/s1. The molecule has 2 aromatic rings. The number of allylic oxidation sites excluding steroid dienone is 1. The lowest BCUT2D eigenvalue weighted by molar-refractivity contribution is -0.136. The van der Waals surface area contributed by atoms with E-state index in [1.165, 1.54) is 18.9 Å². The molecule has 0 bridgehead atoms. The Morgan fingerprint density at radius 2 is 2.13 bits per heavy atom. The van der Waals surface area contributed by atoms with E-state index in [1.54, 1.807) is 17.5 Å². The quantitative estimate of drug-likeness (QED) is 0.691. The molecule has 0 saturated carbocycles. The summed E-state index contributed by atoms with van der Waals surface area (Å²) in [6.45, 7) is 2.18. The fraction of sp³-hybridized carbons (Fsp3) is 0.238. The predicted molar refractivity (Wildman–Crippen MR) is 117 cm³/mol. The average Bonchev–Trinajstić information content (AvgIpc) is 3.42. The van der Waals surface area contributed by atoms with Gasteiger partial charge < -0.3 is 15.0 Å². The zero-order valence-corrected chi connectivity index (χ0v) is 18.1. The van der Waals surface area contributed by atoms with Crippen molar-refractivity contribution in [2.45, 2.75) is 25.9 Å². The molecule has 0 saturated heterocycles. The van der Waals surface area contributed by atoms with Gasteiger partial charge in [-0.3, -0.25) is 9.78 Å². The molecule has 2 aromatic heterocycles. The summed E-state index contributed by atoms with van der Waals surface area (Å²) >= 11 is 3.01.